The summed E-state index contributed by atoms with van der Waals surface area (Å²) in [7, 11) is 1.70. The summed E-state index contributed by atoms with van der Waals surface area (Å²) in [5.74, 6) is -0.398. The van der Waals surface area contributed by atoms with Crippen molar-refractivity contribution in [2.24, 2.45) is 0 Å². The number of amides is 2. The normalized spacial score (nSPS) is 10.2. The molecule has 0 saturated heterocycles. The van der Waals surface area contributed by atoms with Crippen molar-refractivity contribution in [1.29, 1.82) is 0 Å². The van der Waals surface area contributed by atoms with E-state index < -0.39 is 0 Å². The van der Waals surface area contributed by atoms with E-state index in [4.69, 9.17) is 0 Å². The van der Waals surface area contributed by atoms with Crippen molar-refractivity contribution in [3.05, 3.63) is 59.9 Å². The maximum atomic E-state index is 12.6. The first-order valence-electron chi connectivity index (χ1n) is 8.20. The average Bonchev–Trinajstić information content (AvgIpc) is 2.64. The Balaban J connectivity index is 2.06. The first kappa shape index (κ1) is 17.7. The molecule has 2 amide bonds. The average molecular weight is 325 g/mol. The van der Waals surface area contributed by atoms with Gasteiger partial charge in [-0.05, 0) is 24.6 Å². The van der Waals surface area contributed by atoms with E-state index in [0.717, 1.165) is 24.9 Å². The maximum absolute atomic E-state index is 12.6. The number of hydrogen-bond acceptors (Lipinski definition) is 3. The number of pyridine rings is 1. The van der Waals surface area contributed by atoms with E-state index >= 15 is 0 Å². The molecule has 1 aromatic carbocycles. The molecule has 1 aromatic heterocycles. The molecule has 0 aliphatic rings. The fourth-order valence-corrected chi connectivity index (χ4v) is 2.32. The number of nitrogens with one attached hydrogen (secondary N) is 1. The topological polar surface area (TPSA) is 62.3 Å². The Morgan fingerprint density at radius 1 is 1.08 bits per heavy atom. The van der Waals surface area contributed by atoms with Crippen molar-refractivity contribution < 1.29 is 9.59 Å². The molecule has 0 saturated carbocycles. The Labute approximate surface area is 142 Å². The van der Waals surface area contributed by atoms with Gasteiger partial charge in [0.1, 0.15) is 0 Å². The van der Waals surface area contributed by atoms with Crippen molar-refractivity contribution in [3.63, 3.8) is 0 Å². The SMILES string of the molecule is CCCCCNC(=O)c1cncc(C(=O)N(C)c2ccccc2)c1. The lowest BCUT2D eigenvalue weighted by Gasteiger charge is -2.17. The number of nitrogens with zero attached hydrogens (tertiary/aromatic N) is 2. The molecule has 0 aliphatic heterocycles. The van der Waals surface area contributed by atoms with Crippen LogP contribution in [0.15, 0.2) is 48.8 Å². The number of carbonyl (C=O) groups excluding carboxylic acids is 2. The van der Waals surface area contributed by atoms with Gasteiger partial charge in [0.2, 0.25) is 0 Å². The van der Waals surface area contributed by atoms with Crippen molar-refractivity contribution >= 4 is 17.5 Å². The number of rotatable bonds is 7. The van der Waals surface area contributed by atoms with Gasteiger partial charge in [0.05, 0.1) is 11.1 Å². The van der Waals surface area contributed by atoms with Crippen molar-refractivity contribution in [3.8, 4) is 0 Å². The molecule has 126 valence electrons. The fraction of sp³-hybridized carbons (Fsp3) is 0.316. The third-order valence-electron chi connectivity index (χ3n) is 3.76. The molecule has 5 heteroatoms. The van der Waals surface area contributed by atoms with E-state index in [1.807, 2.05) is 30.3 Å². The second-order valence-corrected chi connectivity index (χ2v) is 5.63. The summed E-state index contributed by atoms with van der Waals surface area (Å²) in [6.07, 6.45) is 6.10. The minimum Gasteiger partial charge on any atom is -0.352 e. The van der Waals surface area contributed by atoms with E-state index in [1.165, 1.54) is 12.4 Å². The van der Waals surface area contributed by atoms with E-state index in [9.17, 15) is 9.59 Å². The highest BCUT2D eigenvalue weighted by atomic mass is 16.2. The number of unbranched alkanes of at least 4 members (excludes halogenated alkanes) is 2. The first-order chi connectivity index (χ1) is 11.6. The van der Waals surface area contributed by atoms with E-state index in [1.54, 1.807) is 18.0 Å². The highest BCUT2D eigenvalue weighted by Gasteiger charge is 2.15. The Morgan fingerprint density at radius 2 is 1.79 bits per heavy atom. The summed E-state index contributed by atoms with van der Waals surface area (Å²) in [5, 5.41) is 2.86. The van der Waals surface area contributed by atoms with Crippen LogP contribution in [0.25, 0.3) is 0 Å². The molecule has 2 rings (SSSR count). The van der Waals surface area contributed by atoms with Crippen molar-refractivity contribution in [2.45, 2.75) is 26.2 Å². The minimum atomic E-state index is -0.200. The molecule has 24 heavy (non-hydrogen) atoms. The third kappa shape index (κ3) is 4.65. The summed E-state index contributed by atoms with van der Waals surface area (Å²) in [4.78, 5) is 30.3. The Hall–Kier alpha value is -2.69. The molecule has 0 bridgehead atoms. The molecule has 1 heterocycles. The van der Waals surface area contributed by atoms with Crippen molar-refractivity contribution in [2.75, 3.05) is 18.5 Å². The minimum absolute atomic E-state index is 0.199. The van der Waals surface area contributed by atoms with Crippen LogP contribution >= 0.6 is 0 Å². The van der Waals surface area contributed by atoms with Crippen LogP contribution < -0.4 is 10.2 Å². The lowest BCUT2D eigenvalue weighted by atomic mass is 10.1. The van der Waals surface area contributed by atoms with Crippen LogP contribution in [0.3, 0.4) is 0 Å². The number of benzene rings is 1. The third-order valence-corrected chi connectivity index (χ3v) is 3.76. The summed E-state index contributed by atoms with van der Waals surface area (Å²) >= 11 is 0. The number of aromatic nitrogens is 1. The van der Waals surface area contributed by atoms with Gasteiger partial charge in [0.15, 0.2) is 0 Å². The Morgan fingerprint density at radius 3 is 2.50 bits per heavy atom. The molecule has 0 spiro atoms. The lowest BCUT2D eigenvalue weighted by molar-refractivity contribution is 0.0952. The predicted octanol–water partition coefficient (Wildman–Crippen LogP) is 3.28. The van der Waals surface area contributed by atoms with Gasteiger partial charge in [-0.2, -0.15) is 0 Å². The standard InChI is InChI=1S/C19H23N3O2/c1-3-4-8-11-21-18(23)15-12-16(14-20-13-15)19(24)22(2)17-9-6-5-7-10-17/h5-7,9-10,12-14H,3-4,8,11H2,1-2H3,(H,21,23). The highest BCUT2D eigenvalue weighted by Crippen LogP contribution is 2.15. The Kier molecular flexibility index (Phi) is 6.49. The zero-order valence-electron chi connectivity index (χ0n) is 14.2. The predicted molar refractivity (Wildman–Crippen MR) is 95.3 cm³/mol. The zero-order chi connectivity index (χ0) is 17.4. The van der Waals surface area contributed by atoms with Gasteiger partial charge >= 0.3 is 0 Å². The van der Waals surface area contributed by atoms with Crippen LogP contribution in [-0.2, 0) is 0 Å². The highest BCUT2D eigenvalue weighted by molar-refractivity contribution is 6.07. The van der Waals surface area contributed by atoms with Crippen LogP contribution in [-0.4, -0.2) is 30.4 Å². The van der Waals surface area contributed by atoms with Crippen LogP contribution in [0, 0.1) is 0 Å². The fourth-order valence-electron chi connectivity index (χ4n) is 2.32. The van der Waals surface area contributed by atoms with Crippen LogP contribution in [0.4, 0.5) is 5.69 Å². The van der Waals surface area contributed by atoms with E-state index in [0.29, 0.717) is 17.7 Å². The van der Waals surface area contributed by atoms with Gasteiger partial charge in [0.25, 0.3) is 11.8 Å². The molecular weight excluding hydrogens is 302 g/mol. The summed E-state index contributed by atoms with van der Waals surface area (Å²) in [6.45, 7) is 2.75. The molecule has 5 nitrogen and oxygen atoms in total. The Bertz CT molecular complexity index is 686. The van der Waals surface area contributed by atoms with Crippen LogP contribution in [0.2, 0.25) is 0 Å². The molecule has 0 radical (unpaired) electrons. The van der Waals surface area contributed by atoms with E-state index in [2.05, 4.69) is 17.2 Å². The zero-order valence-corrected chi connectivity index (χ0v) is 14.2. The summed E-state index contributed by atoms with van der Waals surface area (Å²) < 4.78 is 0. The van der Waals surface area contributed by atoms with Gasteiger partial charge in [-0.15, -0.1) is 0 Å². The maximum Gasteiger partial charge on any atom is 0.259 e. The molecule has 0 unspecified atom stereocenters. The monoisotopic (exact) mass is 325 g/mol. The molecule has 2 aromatic rings. The second-order valence-electron chi connectivity index (χ2n) is 5.63. The van der Waals surface area contributed by atoms with Crippen LogP contribution in [0.1, 0.15) is 46.9 Å². The number of para-hydroxylation sites is 1. The van der Waals surface area contributed by atoms with Gasteiger partial charge in [-0.1, -0.05) is 38.0 Å². The van der Waals surface area contributed by atoms with Gasteiger partial charge in [-0.3, -0.25) is 14.6 Å². The van der Waals surface area contributed by atoms with Crippen molar-refractivity contribution in [1.82, 2.24) is 10.3 Å². The summed E-state index contributed by atoms with van der Waals surface area (Å²) in [6, 6.07) is 10.9. The second kappa shape index (κ2) is 8.82. The molecule has 1 N–H and O–H groups in total. The largest absolute Gasteiger partial charge is 0.352 e. The smallest absolute Gasteiger partial charge is 0.259 e. The number of anilines is 1. The quantitative estimate of drug-likeness (QED) is 0.795. The van der Waals surface area contributed by atoms with Gasteiger partial charge in [0, 0.05) is 31.7 Å². The molecule has 0 fully saturated rings. The molecular formula is C19H23N3O2. The molecule has 0 atom stereocenters. The number of carbonyl (C=O) groups is 2. The van der Waals surface area contributed by atoms with Gasteiger partial charge < -0.3 is 10.2 Å². The molecule has 0 aliphatic carbocycles. The van der Waals surface area contributed by atoms with Gasteiger partial charge in [-0.25, -0.2) is 0 Å². The van der Waals surface area contributed by atoms with Crippen LogP contribution in [0.5, 0.6) is 0 Å². The first-order valence-corrected chi connectivity index (χ1v) is 8.20. The van der Waals surface area contributed by atoms with E-state index in [-0.39, 0.29) is 11.8 Å². The summed E-state index contributed by atoms with van der Waals surface area (Å²) in [5.41, 5.74) is 1.58. The number of hydrogen-bond donors (Lipinski definition) is 1. The lowest BCUT2D eigenvalue weighted by Crippen LogP contribution is -2.28.